The van der Waals surface area contributed by atoms with Gasteiger partial charge in [-0.2, -0.15) is 0 Å². The average molecular weight is 398 g/mol. The van der Waals surface area contributed by atoms with Crippen LogP contribution in [0.3, 0.4) is 0 Å². The van der Waals surface area contributed by atoms with E-state index in [0.717, 1.165) is 31.4 Å². The average Bonchev–Trinajstić information content (AvgIpc) is 2.70. The van der Waals surface area contributed by atoms with Crippen LogP contribution in [0.4, 0.5) is 14.9 Å². The van der Waals surface area contributed by atoms with Gasteiger partial charge in [0.2, 0.25) is 5.91 Å². The Kier molecular flexibility index (Phi) is 7.16. The summed E-state index contributed by atoms with van der Waals surface area (Å²) in [4.78, 5) is 30.5. The highest BCUT2D eigenvalue weighted by Gasteiger charge is 2.25. The number of benzene rings is 1. The Labute approximate surface area is 170 Å². The van der Waals surface area contributed by atoms with Crippen LogP contribution in [0.25, 0.3) is 0 Å². The van der Waals surface area contributed by atoms with Crippen molar-refractivity contribution in [3.05, 3.63) is 60.2 Å². The maximum atomic E-state index is 13.1. The van der Waals surface area contributed by atoms with Gasteiger partial charge in [0.05, 0.1) is 0 Å². The SMILES string of the molecule is C[C@H](CC(=O)N1CCC[C@@H](Cc2ccc(F)cc2)C1)NC(=O)Nc1ccncc1. The first-order valence-corrected chi connectivity index (χ1v) is 9.99. The van der Waals surface area contributed by atoms with E-state index in [4.69, 9.17) is 0 Å². The molecule has 2 aromatic rings. The highest BCUT2D eigenvalue weighted by molar-refractivity contribution is 5.89. The second-order valence-corrected chi connectivity index (χ2v) is 7.62. The molecule has 1 fully saturated rings. The zero-order valence-corrected chi connectivity index (χ0v) is 16.6. The fourth-order valence-electron chi connectivity index (χ4n) is 3.68. The van der Waals surface area contributed by atoms with E-state index >= 15 is 0 Å². The van der Waals surface area contributed by atoms with Crippen molar-refractivity contribution in [2.24, 2.45) is 5.92 Å². The van der Waals surface area contributed by atoms with Crippen molar-refractivity contribution >= 4 is 17.6 Å². The van der Waals surface area contributed by atoms with Crippen LogP contribution in [-0.2, 0) is 11.2 Å². The Balaban J connectivity index is 1.45. The Morgan fingerprint density at radius 2 is 1.93 bits per heavy atom. The highest BCUT2D eigenvalue weighted by atomic mass is 19.1. The number of hydrogen-bond acceptors (Lipinski definition) is 3. The van der Waals surface area contributed by atoms with Gasteiger partial charge in [-0.1, -0.05) is 12.1 Å². The number of carbonyl (C=O) groups excluding carboxylic acids is 2. The van der Waals surface area contributed by atoms with E-state index in [-0.39, 0.29) is 30.2 Å². The molecule has 0 saturated carbocycles. The first-order chi connectivity index (χ1) is 14.0. The third-order valence-corrected chi connectivity index (χ3v) is 5.11. The third-order valence-electron chi connectivity index (χ3n) is 5.11. The second-order valence-electron chi connectivity index (χ2n) is 7.62. The zero-order chi connectivity index (χ0) is 20.6. The van der Waals surface area contributed by atoms with Gasteiger partial charge < -0.3 is 15.5 Å². The van der Waals surface area contributed by atoms with E-state index in [0.29, 0.717) is 18.2 Å². The molecule has 2 heterocycles. The number of likely N-dealkylation sites (tertiary alicyclic amines) is 1. The summed E-state index contributed by atoms with van der Waals surface area (Å²) in [6.07, 6.45) is 6.31. The summed E-state index contributed by atoms with van der Waals surface area (Å²) in [7, 11) is 0. The van der Waals surface area contributed by atoms with Crippen molar-refractivity contribution in [2.45, 2.75) is 38.6 Å². The summed E-state index contributed by atoms with van der Waals surface area (Å²) in [5.41, 5.74) is 1.74. The Bertz CT molecular complexity index is 813. The molecule has 1 saturated heterocycles. The maximum Gasteiger partial charge on any atom is 0.319 e. The molecule has 0 spiro atoms. The van der Waals surface area contributed by atoms with Crippen molar-refractivity contribution < 1.29 is 14.0 Å². The Morgan fingerprint density at radius 3 is 2.66 bits per heavy atom. The molecule has 1 aromatic heterocycles. The summed E-state index contributed by atoms with van der Waals surface area (Å²) >= 11 is 0. The molecular weight excluding hydrogens is 371 g/mol. The molecule has 0 aliphatic carbocycles. The number of nitrogens with zero attached hydrogens (tertiary/aromatic N) is 2. The predicted octanol–water partition coefficient (Wildman–Crippen LogP) is 3.60. The number of piperidine rings is 1. The van der Waals surface area contributed by atoms with E-state index in [1.807, 2.05) is 24.0 Å². The molecule has 29 heavy (non-hydrogen) atoms. The van der Waals surface area contributed by atoms with Gasteiger partial charge in [0.15, 0.2) is 0 Å². The van der Waals surface area contributed by atoms with Gasteiger partial charge in [-0.25, -0.2) is 9.18 Å². The summed E-state index contributed by atoms with van der Waals surface area (Å²) in [6, 6.07) is 9.35. The molecule has 1 aromatic carbocycles. The quantitative estimate of drug-likeness (QED) is 0.781. The van der Waals surface area contributed by atoms with Crippen LogP contribution in [0.1, 0.15) is 31.7 Å². The molecule has 0 unspecified atom stereocenters. The molecule has 2 N–H and O–H groups in total. The lowest BCUT2D eigenvalue weighted by Crippen LogP contribution is -2.44. The van der Waals surface area contributed by atoms with E-state index in [1.54, 1.807) is 24.5 Å². The molecule has 7 heteroatoms. The molecule has 0 bridgehead atoms. The van der Waals surface area contributed by atoms with Crippen LogP contribution in [-0.4, -0.2) is 41.0 Å². The molecule has 3 rings (SSSR count). The number of urea groups is 1. The molecule has 1 aliphatic rings. The van der Waals surface area contributed by atoms with Crippen LogP contribution in [0, 0.1) is 11.7 Å². The summed E-state index contributed by atoms with van der Waals surface area (Å²) in [5.74, 6) is 0.186. The minimum absolute atomic E-state index is 0.0468. The van der Waals surface area contributed by atoms with Crippen molar-refractivity contribution in [2.75, 3.05) is 18.4 Å². The molecular formula is C22H27FN4O2. The molecule has 1 aliphatic heterocycles. The third kappa shape index (κ3) is 6.55. The highest BCUT2D eigenvalue weighted by Crippen LogP contribution is 2.22. The summed E-state index contributed by atoms with van der Waals surface area (Å²) < 4.78 is 13.1. The largest absolute Gasteiger partial charge is 0.342 e. The molecule has 2 atom stereocenters. The smallest absolute Gasteiger partial charge is 0.319 e. The lowest BCUT2D eigenvalue weighted by Gasteiger charge is -2.33. The monoisotopic (exact) mass is 398 g/mol. The molecule has 154 valence electrons. The van der Waals surface area contributed by atoms with Crippen molar-refractivity contribution in [3.63, 3.8) is 0 Å². The van der Waals surface area contributed by atoms with Crippen molar-refractivity contribution in [1.82, 2.24) is 15.2 Å². The number of carbonyl (C=O) groups is 2. The van der Waals surface area contributed by atoms with Gasteiger partial charge in [-0.05, 0) is 61.9 Å². The van der Waals surface area contributed by atoms with Crippen LogP contribution in [0.2, 0.25) is 0 Å². The maximum absolute atomic E-state index is 13.1. The van der Waals surface area contributed by atoms with Gasteiger partial charge in [0.1, 0.15) is 5.82 Å². The van der Waals surface area contributed by atoms with Crippen molar-refractivity contribution in [3.8, 4) is 0 Å². The number of nitrogens with one attached hydrogen (secondary N) is 2. The van der Waals surface area contributed by atoms with Gasteiger partial charge in [0.25, 0.3) is 0 Å². The number of hydrogen-bond donors (Lipinski definition) is 2. The van der Waals surface area contributed by atoms with Gasteiger partial charge in [-0.15, -0.1) is 0 Å². The van der Waals surface area contributed by atoms with Crippen LogP contribution < -0.4 is 10.6 Å². The normalized spacial score (nSPS) is 17.4. The van der Waals surface area contributed by atoms with E-state index in [9.17, 15) is 14.0 Å². The Hall–Kier alpha value is -2.96. The van der Waals surface area contributed by atoms with E-state index in [1.165, 1.54) is 12.1 Å². The topological polar surface area (TPSA) is 74.3 Å². The number of rotatable bonds is 6. The second kappa shape index (κ2) is 10.0. The first kappa shape index (κ1) is 20.8. The van der Waals surface area contributed by atoms with E-state index < -0.39 is 0 Å². The van der Waals surface area contributed by atoms with Crippen LogP contribution in [0.15, 0.2) is 48.8 Å². The minimum atomic E-state index is -0.343. The van der Waals surface area contributed by atoms with Gasteiger partial charge in [0, 0.05) is 43.6 Å². The first-order valence-electron chi connectivity index (χ1n) is 9.99. The minimum Gasteiger partial charge on any atom is -0.342 e. The van der Waals surface area contributed by atoms with Crippen LogP contribution >= 0.6 is 0 Å². The molecule has 6 nitrogen and oxygen atoms in total. The van der Waals surface area contributed by atoms with E-state index in [2.05, 4.69) is 15.6 Å². The molecule has 0 radical (unpaired) electrons. The lowest BCUT2D eigenvalue weighted by molar-refractivity contribution is -0.133. The van der Waals surface area contributed by atoms with Gasteiger partial charge in [-0.3, -0.25) is 9.78 Å². The van der Waals surface area contributed by atoms with Crippen LogP contribution in [0.5, 0.6) is 0 Å². The lowest BCUT2D eigenvalue weighted by atomic mass is 9.91. The number of halogens is 1. The fraction of sp³-hybridized carbons (Fsp3) is 0.409. The zero-order valence-electron chi connectivity index (χ0n) is 16.6. The number of pyridine rings is 1. The fourth-order valence-corrected chi connectivity index (χ4v) is 3.68. The number of amides is 3. The van der Waals surface area contributed by atoms with Crippen molar-refractivity contribution in [1.29, 1.82) is 0 Å². The molecule has 3 amide bonds. The number of anilines is 1. The summed E-state index contributed by atoms with van der Waals surface area (Å²) in [5, 5.41) is 5.52. The summed E-state index contributed by atoms with van der Waals surface area (Å²) in [6.45, 7) is 3.27. The standard InChI is InChI=1S/C22H27FN4O2/c1-16(25-22(29)26-20-8-10-24-11-9-20)13-21(28)27-12-2-3-18(15-27)14-17-4-6-19(23)7-5-17/h4-11,16,18H,2-3,12-15H2,1H3,(H2,24,25,26,29)/t16-,18+/m1/s1. The van der Waals surface area contributed by atoms with Gasteiger partial charge >= 0.3 is 6.03 Å². The predicted molar refractivity (Wildman–Crippen MR) is 110 cm³/mol. The Morgan fingerprint density at radius 1 is 1.21 bits per heavy atom. The number of aromatic nitrogens is 1.